The number of hydrogen-bond acceptors (Lipinski definition) is 4. The number of rotatable bonds is 2. The van der Waals surface area contributed by atoms with Crippen LogP contribution in [-0.2, 0) is 9.53 Å². The summed E-state index contributed by atoms with van der Waals surface area (Å²) in [6.45, 7) is 3.37. The predicted molar refractivity (Wildman–Crippen MR) is 54.4 cm³/mol. The van der Waals surface area contributed by atoms with Gasteiger partial charge in [-0.05, 0) is 13.3 Å². The fraction of sp³-hybridized carbons (Fsp3) is 0.900. The topological polar surface area (TPSA) is 61.8 Å². The number of amides is 1. The van der Waals surface area contributed by atoms with E-state index in [1.165, 1.54) is 0 Å². The van der Waals surface area contributed by atoms with Gasteiger partial charge < -0.3 is 20.1 Å². The van der Waals surface area contributed by atoms with E-state index >= 15 is 0 Å². The molecule has 1 amide bonds. The molecule has 2 heterocycles. The lowest BCUT2D eigenvalue weighted by molar-refractivity contribution is -0.154. The second-order valence-corrected chi connectivity index (χ2v) is 4.75. The van der Waals surface area contributed by atoms with E-state index in [-0.39, 0.29) is 18.1 Å². The van der Waals surface area contributed by atoms with Crippen molar-refractivity contribution in [1.29, 1.82) is 0 Å². The lowest BCUT2D eigenvalue weighted by Crippen LogP contribution is -2.64. The van der Waals surface area contributed by atoms with Crippen molar-refractivity contribution < 1.29 is 14.6 Å². The van der Waals surface area contributed by atoms with Gasteiger partial charge in [0.1, 0.15) is 0 Å². The van der Waals surface area contributed by atoms with Crippen LogP contribution in [0.15, 0.2) is 0 Å². The number of ether oxygens (including phenoxy) is 1. The van der Waals surface area contributed by atoms with Crippen LogP contribution in [0.2, 0.25) is 0 Å². The van der Waals surface area contributed by atoms with Crippen LogP contribution < -0.4 is 5.32 Å². The highest BCUT2D eigenvalue weighted by Gasteiger charge is 2.43. The molecule has 0 aromatic carbocycles. The van der Waals surface area contributed by atoms with E-state index < -0.39 is 5.60 Å². The summed E-state index contributed by atoms with van der Waals surface area (Å²) in [7, 11) is 1.66. The third-order valence-corrected chi connectivity index (χ3v) is 3.10. The Hall–Kier alpha value is -0.650. The summed E-state index contributed by atoms with van der Waals surface area (Å²) >= 11 is 0. The average molecular weight is 214 g/mol. The number of carbonyl (C=O) groups excluding carboxylic acids is 1. The van der Waals surface area contributed by atoms with Crippen LogP contribution in [0, 0.1) is 0 Å². The van der Waals surface area contributed by atoms with Gasteiger partial charge in [-0.2, -0.15) is 0 Å². The number of aliphatic hydroxyl groups is 1. The zero-order valence-electron chi connectivity index (χ0n) is 9.19. The quantitative estimate of drug-likeness (QED) is 0.616. The van der Waals surface area contributed by atoms with E-state index in [1.807, 2.05) is 0 Å². The summed E-state index contributed by atoms with van der Waals surface area (Å²) in [5.41, 5.74) is -0.686. The number of β-amino-alcohol motifs (C(OH)–C–C–N with tert-alkyl or cyclic N) is 1. The van der Waals surface area contributed by atoms with E-state index in [9.17, 15) is 9.90 Å². The summed E-state index contributed by atoms with van der Waals surface area (Å²) in [5, 5.41) is 12.7. The van der Waals surface area contributed by atoms with E-state index in [1.54, 1.807) is 18.9 Å². The zero-order chi connectivity index (χ0) is 11.1. The number of nitrogens with one attached hydrogen (secondary N) is 1. The highest BCUT2D eigenvalue weighted by molar-refractivity contribution is 5.83. The SMILES string of the molecule is COC1CNC(C(=O)N2CC(C)(O)C2)C1. The van der Waals surface area contributed by atoms with Gasteiger partial charge in [-0.15, -0.1) is 0 Å². The van der Waals surface area contributed by atoms with E-state index in [0.29, 0.717) is 13.1 Å². The number of likely N-dealkylation sites (tertiary alicyclic amines) is 1. The Bertz CT molecular complexity index is 259. The molecule has 2 atom stereocenters. The molecule has 2 rings (SSSR count). The summed E-state index contributed by atoms with van der Waals surface area (Å²) < 4.78 is 5.18. The molecule has 5 nitrogen and oxygen atoms in total. The Kier molecular flexibility index (Phi) is 2.70. The highest BCUT2D eigenvalue weighted by atomic mass is 16.5. The first kappa shape index (κ1) is 10.9. The summed E-state index contributed by atoms with van der Waals surface area (Å²) in [6.07, 6.45) is 0.870. The third-order valence-electron chi connectivity index (χ3n) is 3.10. The van der Waals surface area contributed by atoms with Crippen LogP contribution in [0.1, 0.15) is 13.3 Å². The van der Waals surface area contributed by atoms with E-state index in [0.717, 1.165) is 13.0 Å². The highest BCUT2D eigenvalue weighted by Crippen LogP contribution is 2.22. The summed E-state index contributed by atoms with van der Waals surface area (Å²) in [6, 6.07) is -0.133. The summed E-state index contributed by atoms with van der Waals surface area (Å²) in [4.78, 5) is 13.6. The van der Waals surface area contributed by atoms with Gasteiger partial charge in [0.2, 0.25) is 5.91 Å². The first-order chi connectivity index (χ1) is 7.02. The summed E-state index contributed by atoms with van der Waals surface area (Å²) in [5.74, 6) is 0.0843. The maximum absolute atomic E-state index is 11.9. The minimum atomic E-state index is -0.686. The fourth-order valence-electron chi connectivity index (χ4n) is 2.22. The molecule has 0 saturated carbocycles. The van der Waals surface area contributed by atoms with Crippen molar-refractivity contribution in [2.75, 3.05) is 26.7 Å². The maximum Gasteiger partial charge on any atom is 0.240 e. The molecule has 0 aromatic heterocycles. The molecular weight excluding hydrogens is 196 g/mol. The van der Waals surface area contributed by atoms with Crippen molar-refractivity contribution in [3.05, 3.63) is 0 Å². The van der Waals surface area contributed by atoms with Gasteiger partial charge in [0.15, 0.2) is 0 Å². The van der Waals surface area contributed by atoms with Crippen molar-refractivity contribution in [3.8, 4) is 0 Å². The van der Waals surface area contributed by atoms with Crippen molar-refractivity contribution >= 4 is 5.91 Å². The molecule has 15 heavy (non-hydrogen) atoms. The molecule has 86 valence electrons. The molecule has 2 N–H and O–H groups in total. The minimum Gasteiger partial charge on any atom is -0.386 e. The number of methoxy groups -OCH3 is 1. The van der Waals surface area contributed by atoms with Gasteiger partial charge in [0, 0.05) is 13.7 Å². The van der Waals surface area contributed by atoms with Crippen LogP contribution in [0.4, 0.5) is 0 Å². The fourth-order valence-corrected chi connectivity index (χ4v) is 2.22. The Morgan fingerprint density at radius 3 is 2.73 bits per heavy atom. The molecule has 0 aliphatic carbocycles. The Labute approximate surface area is 89.4 Å². The number of hydrogen-bond donors (Lipinski definition) is 2. The monoisotopic (exact) mass is 214 g/mol. The molecule has 2 fully saturated rings. The van der Waals surface area contributed by atoms with Crippen LogP contribution in [0.3, 0.4) is 0 Å². The Balaban J connectivity index is 1.83. The first-order valence-corrected chi connectivity index (χ1v) is 5.29. The van der Waals surface area contributed by atoms with Gasteiger partial charge in [0.05, 0.1) is 30.8 Å². The molecular formula is C10H18N2O3. The molecule has 0 radical (unpaired) electrons. The normalized spacial score (nSPS) is 33.9. The smallest absolute Gasteiger partial charge is 0.240 e. The van der Waals surface area contributed by atoms with Gasteiger partial charge in [-0.25, -0.2) is 0 Å². The van der Waals surface area contributed by atoms with Crippen LogP contribution >= 0.6 is 0 Å². The van der Waals surface area contributed by atoms with Crippen LogP contribution in [-0.4, -0.2) is 60.4 Å². The lowest BCUT2D eigenvalue weighted by atomic mass is 9.95. The van der Waals surface area contributed by atoms with Gasteiger partial charge in [-0.3, -0.25) is 4.79 Å². The minimum absolute atomic E-state index is 0.0843. The molecule has 5 heteroatoms. The number of carbonyl (C=O) groups is 1. The second-order valence-electron chi connectivity index (χ2n) is 4.75. The average Bonchev–Trinajstić information content (AvgIpc) is 2.61. The van der Waals surface area contributed by atoms with Crippen molar-refractivity contribution in [1.82, 2.24) is 10.2 Å². The predicted octanol–water partition coefficient (Wildman–Crippen LogP) is -1.04. The van der Waals surface area contributed by atoms with Gasteiger partial charge in [0.25, 0.3) is 0 Å². The lowest BCUT2D eigenvalue weighted by Gasteiger charge is -2.45. The third kappa shape index (κ3) is 2.14. The molecule has 2 aliphatic rings. The van der Waals surface area contributed by atoms with Gasteiger partial charge >= 0.3 is 0 Å². The van der Waals surface area contributed by atoms with Crippen LogP contribution in [0.25, 0.3) is 0 Å². The molecule has 0 bridgehead atoms. The standard InChI is InChI=1S/C10H18N2O3/c1-10(14)5-12(6-10)9(13)8-3-7(15-2)4-11-8/h7-8,11,14H,3-6H2,1-2H3. The number of nitrogens with zero attached hydrogens (tertiary/aromatic N) is 1. The Morgan fingerprint density at radius 1 is 1.60 bits per heavy atom. The molecule has 0 aromatic rings. The van der Waals surface area contributed by atoms with Gasteiger partial charge in [-0.1, -0.05) is 0 Å². The molecule has 0 spiro atoms. The van der Waals surface area contributed by atoms with Crippen LogP contribution in [0.5, 0.6) is 0 Å². The maximum atomic E-state index is 11.9. The molecule has 2 aliphatic heterocycles. The zero-order valence-corrected chi connectivity index (χ0v) is 9.19. The molecule has 2 unspecified atom stereocenters. The van der Waals surface area contributed by atoms with E-state index in [4.69, 9.17) is 4.74 Å². The van der Waals surface area contributed by atoms with Crippen molar-refractivity contribution in [2.45, 2.75) is 31.1 Å². The van der Waals surface area contributed by atoms with Crippen molar-refractivity contribution in [3.63, 3.8) is 0 Å². The van der Waals surface area contributed by atoms with Crippen molar-refractivity contribution in [2.24, 2.45) is 0 Å². The Morgan fingerprint density at radius 2 is 2.27 bits per heavy atom. The largest absolute Gasteiger partial charge is 0.386 e. The van der Waals surface area contributed by atoms with E-state index in [2.05, 4.69) is 5.32 Å². The second kappa shape index (κ2) is 3.73. The molecule has 2 saturated heterocycles. The first-order valence-electron chi connectivity index (χ1n) is 5.29.